The molecular formula is C16H18FNO2. The molecule has 0 saturated carbocycles. The van der Waals surface area contributed by atoms with Crippen LogP contribution in [0.4, 0.5) is 10.1 Å². The second-order valence-corrected chi connectivity index (χ2v) is 4.53. The zero-order chi connectivity index (χ0) is 14.5. The van der Waals surface area contributed by atoms with Crippen molar-refractivity contribution in [2.75, 3.05) is 11.9 Å². The van der Waals surface area contributed by atoms with Gasteiger partial charge in [0.05, 0.1) is 12.6 Å². The van der Waals surface area contributed by atoms with Gasteiger partial charge in [-0.1, -0.05) is 6.07 Å². The maximum absolute atomic E-state index is 13.3. The Hall–Kier alpha value is -2.23. The molecule has 0 bridgehead atoms. The van der Waals surface area contributed by atoms with E-state index in [-0.39, 0.29) is 17.6 Å². The van der Waals surface area contributed by atoms with E-state index in [2.05, 4.69) is 5.32 Å². The minimum atomic E-state index is -0.366. The van der Waals surface area contributed by atoms with Gasteiger partial charge in [-0.05, 0) is 44.2 Å². The number of hydrogen-bond donors (Lipinski definition) is 2. The molecule has 1 atom stereocenters. The lowest BCUT2D eigenvalue weighted by molar-refractivity contribution is 0.340. The van der Waals surface area contributed by atoms with Crippen molar-refractivity contribution in [2.24, 2.45) is 0 Å². The molecule has 0 amide bonds. The molecule has 3 nitrogen and oxygen atoms in total. The van der Waals surface area contributed by atoms with Gasteiger partial charge in [-0.15, -0.1) is 0 Å². The molecule has 1 unspecified atom stereocenters. The number of benzene rings is 2. The Labute approximate surface area is 118 Å². The highest BCUT2D eigenvalue weighted by atomic mass is 19.1. The van der Waals surface area contributed by atoms with Crippen LogP contribution in [0.1, 0.15) is 25.5 Å². The molecule has 2 aromatic rings. The van der Waals surface area contributed by atoms with Gasteiger partial charge in [0.2, 0.25) is 0 Å². The van der Waals surface area contributed by atoms with Crippen LogP contribution in [0.3, 0.4) is 0 Å². The Bertz CT molecular complexity index is 586. The highest BCUT2D eigenvalue weighted by Crippen LogP contribution is 2.28. The van der Waals surface area contributed by atoms with Gasteiger partial charge in [-0.3, -0.25) is 0 Å². The quantitative estimate of drug-likeness (QED) is 0.863. The SMILES string of the molecule is CCOc1cccc(NC(C)c2cc(F)ccc2O)c1. The second-order valence-electron chi connectivity index (χ2n) is 4.53. The van der Waals surface area contributed by atoms with E-state index < -0.39 is 0 Å². The first-order chi connectivity index (χ1) is 9.60. The fourth-order valence-electron chi connectivity index (χ4n) is 2.04. The number of ether oxygens (including phenoxy) is 1. The molecule has 0 spiro atoms. The lowest BCUT2D eigenvalue weighted by Crippen LogP contribution is -2.07. The molecule has 0 saturated heterocycles. The topological polar surface area (TPSA) is 41.5 Å². The molecule has 2 aromatic carbocycles. The van der Waals surface area contributed by atoms with Crippen LogP contribution in [0.15, 0.2) is 42.5 Å². The van der Waals surface area contributed by atoms with Crippen molar-refractivity contribution in [1.29, 1.82) is 0 Å². The summed E-state index contributed by atoms with van der Waals surface area (Å²) in [5, 5.41) is 13.0. The first-order valence-corrected chi connectivity index (χ1v) is 6.58. The van der Waals surface area contributed by atoms with Crippen molar-refractivity contribution >= 4 is 5.69 Å². The van der Waals surface area contributed by atoms with Crippen molar-refractivity contribution in [3.05, 3.63) is 53.8 Å². The Kier molecular flexibility index (Phi) is 4.45. The fraction of sp³-hybridized carbons (Fsp3) is 0.250. The number of hydrogen-bond acceptors (Lipinski definition) is 3. The zero-order valence-electron chi connectivity index (χ0n) is 11.6. The maximum Gasteiger partial charge on any atom is 0.123 e. The average molecular weight is 275 g/mol. The summed E-state index contributed by atoms with van der Waals surface area (Å²) in [5.74, 6) is 0.482. The molecule has 0 fully saturated rings. The largest absolute Gasteiger partial charge is 0.508 e. The minimum Gasteiger partial charge on any atom is -0.508 e. The average Bonchev–Trinajstić information content (AvgIpc) is 2.42. The summed E-state index contributed by atoms with van der Waals surface area (Å²) >= 11 is 0. The molecule has 2 rings (SSSR count). The molecule has 106 valence electrons. The van der Waals surface area contributed by atoms with Gasteiger partial charge >= 0.3 is 0 Å². The van der Waals surface area contributed by atoms with Gasteiger partial charge < -0.3 is 15.2 Å². The van der Waals surface area contributed by atoms with Crippen molar-refractivity contribution in [3.63, 3.8) is 0 Å². The number of aromatic hydroxyl groups is 1. The number of phenols is 1. The Morgan fingerprint density at radius 3 is 2.80 bits per heavy atom. The molecule has 2 N–H and O–H groups in total. The van der Waals surface area contributed by atoms with Crippen LogP contribution < -0.4 is 10.1 Å². The predicted octanol–water partition coefficient (Wildman–Crippen LogP) is 4.10. The summed E-state index contributed by atoms with van der Waals surface area (Å²) in [7, 11) is 0. The van der Waals surface area contributed by atoms with Gasteiger partial charge in [0.15, 0.2) is 0 Å². The molecule has 0 aliphatic carbocycles. The molecular weight excluding hydrogens is 257 g/mol. The van der Waals surface area contributed by atoms with Gasteiger partial charge in [-0.25, -0.2) is 4.39 Å². The van der Waals surface area contributed by atoms with E-state index in [0.717, 1.165) is 11.4 Å². The van der Waals surface area contributed by atoms with Crippen LogP contribution in [0, 0.1) is 5.82 Å². The van der Waals surface area contributed by atoms with E-state index in [0.29, 0.717) is 12.2 Å². The highest BCUT2D eigenvalue weighted by molar-refractivity contribution is 5.51. The second kappa shape index (κ2) is 6.28. The van der Waals surface area contributed by atoms with Crippen molar-refractivity contribution in [3.8, 4) is 11.5 Å². The third kappa shape index (κ3) is 3.41. The van der Waals surface area contributed by atoms with Gasteiger partial charge in [0.25, 0.3) is 0 Å². The molecule has 0 radical (unpaired) electrons. The zero-order valence-corrected chi connectivity index (χ0v) is 11.6. The minimum absolute atomic E-state index is 0.0763. The van der Waals surface area contributed by atoms with Crippen LogP contribution in [0.2, 0.25) is 0 Å². The number of halogens is 1. The summed E-state index contributed by atoms with van der Waals surface area (Å²) in [6, 6.07) is 11.2. The van der Waals surface area contributed by atoms with E-state index in [1.165, 1.54) is 18.2 Å². The number of anilines is 1. The van der Waals surface area contributed by atoms with Gasteiger partial charge in [0, 0.05) is 17.3 Å². The fourth-order valence-corrected chi connectivity index (χ4v) is 2.04. The number of phenolic OH excluding ortho intramolecular Hbond substituents is 1. The molecule has 4 heteroatoms. The highest BCUT2D eigenvalue weighted by Gasteiger charge is 2.11. The van der Waals surface area contributed by atoms with Gasteiger partial charge in [0.1, 0.15) is 17.3 Å². The van der Waals surface area contributed by atoms with Gasteiger partial charge in [-0.2, -0.15) is 0 Å². The Morgan fingerprint density at radius 1 is 1.25 bits per heavy atom. The van der Waals surface area contributed by atoms with Crippen LogP contribution in [0.5, 0.6) is 11.5 Å². The summed E-state index contributed by atoms with van der Waals surface area (Å²) in [6.07, 6.45) is 0. The lowest BCUT2D eigenvalue weighted by atomic mass is 10.1. The van der Waals surface area contributed by atoms with E-state index in [4.69, 9.17) is 4.74 Å². The summed E-state index contributed by atoms with van der Waals surface area (Å²) in [5.41, 5.74) is 1.37. The predicted molar refractivity (Wildman–Crippen MR) is 77.7 cm³/mol. The smallest absolute Gasteiger partial charge is 0.123 e. The van der Waals surface area contributed by atoms with Crippen LogP contribution in [-0.2, 0) is 0 Å². The molecule has 20 heavy (non-hydrogen) atoms. The van der Waals surface area contributed by atoms with Crippen LogP contribution in [-0.4, -0.2) is 11.7 Å². The summed E-state index contributed by atoms with van der Waals surface area (Å²) in [6.45, 7) is 4.39. The monoisotopic (exact) mass is 275 g/mol. The van der Waals surface area contributed by atoms with E-state index in [1.807, 2.05) is 38.1 Å². The van der Waals surface area contributed by atoms with Crippen molar-refractivity contribution in [1.82, 2.24) is 0 Å². The maximum atomic E-state index is 13.3. The Morgan fingerprint density at radius 2 is 2.05 bits per heavy atom. The van der Waals surface area contributed by atoms with Crippen LogP contribution in [0.25, 0.3) is 0 Å². The molecule has 0 aliphatic heterocycles. The third-order valence-corrected chi connectivity index (χ3v) is 2.98. The summed E-state index contributed by atoms with van der Waals surface area (Å²) in [4.78, 5) is 0. The lowest BCUT2D eigenvalue weighted by Gasteiger charge is -2.17. The third-order valence-electron chi connectivity index (χ3n) is 2.98. The number of nitrogens with one attached hydrogen (secondary N) is 1. The first-order valence-electron chi connectivity index (χ1n) is 6.58. The number of rotatable bonds is 5. The molecule has 0 heterocycles. The van der Waals surface area contributed by atoms with E-state index in [1.54, 1.807) is 0 Å². The van der Waals surface area contributed by atoms with Crippen molar-refractivity contribution < 1.29 is 14.2 Å². The van der Waals surface area contributed by atoms with E-state index in [9.17, 15) is 9.50 Å². The summed E-state index contributed by atoms with van der Waals surface area (Å²) < 4.78 is 18.7. The van der Waals surface area contributed by atoms with Crippen LogP contribution >= 0.6 is 0 Å². The van der Waals surface area contributed by atoms with E-state index >= 15 is 0 Å². The standard InChI is InChI=1S/C16H18FNO2/c1-3-20-14-6-4-5-13(10-14)18-11(2)15-9-12(17)7-8-16(15)19/h4-11,18-19H,3H2,1-2H3. The molecule has 0 aliphatic rings. The Balaban J connectivity index is 2.16. The normalized spacial score (nSPS) is 11.9. The first kappa shape index (κ1) is 14.2. The molecule has 0 aromatic heterocycles. The van der Waals surface area contributed by atoms with Crippen molar-refractivity contribution in [2.45, 2.75) is 19.9 Å².